The highest BCUT2D eigenvalue weighted by molar-refractivity contribution is 6.31. The number of aromatic nitrogens is 1. The van der Waals surface area contributed by atoms with Crippen LogP contribution in [0.3, 0.4) is 0 Å². The zero-order valence-electron chi connectivity index (χ0n) is 13.2. The summed E-state index contributed by atoms with van der Waals surface area (Å²) in [5, 5.41) is 14.4. The van der Waals surface area contributed by atoms with Crippen molar-refractivity contribution in [2.45, 2.75) is 38.5 Å². The number of fused-ring (bicyclic) bond motifs is 1. The summed E-state index contributed by atoms with van der Waals surface area (Å²) in [5.74, 6) is -0.00993. The van der Waals surface area contributed by atoms with Gasteiger partial charge in [0, 0.05) is 34.1 Å². The van der Waals surface area contributed by atoms with Gasteiger partial charge in [-0.25, -0.2) is 0 Å². The fraction of sp³-hybridized carbons (Fsp3) is 0.500. The van der Waals surface area contributed by atoms with Crippen LogP contribution in [0.25, 0.3) is 10.9 Å². The molecule has 1 aliphatic carbocycles. The Labute approximate surface area is 141 Å². The van der Waals surface area contributed by atoms with E-state index in [-0.39, 0.29) is 17.9 Å². The van der Waals surface area contributed by atoms with Crippen molar-refractivity contribution in [3.8, 4) is 0 Å². The highest BCUT2D eigenvalue weighted by Gasteiger charge is 2.31. The molecule has 3 N–H and O–H groups in total. The van der Waals surface area contributed by atoms with Gasteiger partial charge >= 0.3 is 0 Å². The first kappa shape index (κ1) is 16.3. The van der Waals surface area contributed by atoms with E-state index < -0.39 is 0 Å². The van der Waals surface area contributed by atoms with Gasteiger partial charge < -0.3 is 15.4 Å². The first-order valence-corrected chi connectivity index (χ1v) is 8.63. The SMILES string of the molecule is O=C(Cc1c[nH]c2ccc(Cl)cc12)NCC1(CO)CCCCC1. The van der Waals surface area contributed by atoms with E-state index in [1.54, 1.807) is 0 Å². The van der Waals surface area contributed by atoms with Crippen LogP contribution in [0.5, 0.6) is 0 Å². The van der Waals surface area contributed by atoms with E-state index in [9.17, 15) is 9.90 Å². The van der Waals surface area contributed by atoms with E-state index >= 15 is 0 Å². The highest BCUT2D eigenvalue weighted by atomic mass is 35.5. The summed E-state index contributed by atoms with van der Waals surface area (Å²) in [6.45, 7) is 0.710. The van der Waals surface area contributed by atoms with Crippen molar-refractivity contribution in [3.63, 3.8) is 0 Å². The Bertz CT molecular complexity index is 689. The number of aromatic amines is 1. The van der Waals surface area contributed by atoms with Crippen LogP contribution in [0, 0.1) is 5.41 Å². The van der Waals surface area contributed by atoms with Gasteiger partial charge in [0.05, 0.1) is 13.0 Å². The number of aliphatic hydroxyl groups excluding tert-OH is 1. The van der Waals surface area contributed by atoms with Gasteiger partial charge in [0.2, 0.25) is 5.91 Å². The molecule has 0 spiro atoms. The van der Waals surface area contributed by atoms with Crippen molar-refractivity contribution >= 4 is 28.4 Å². The van der Waals surface area contributed by atoms with E-state index in [0.717, 1.165) is 42.1 Å². The van der Waals surface area contributed by atoms with Crippen molar-refractivity contribution in [1.82, 2.24) is 10.3 Å². The lowest BCUT2D eigenvalue weighted by Gasteiger charge is -2.35. The standard InChI is InChI=1S/C18H23ClN2O2/c19-14-4-5-16-15(9-14)13(10-20-16)8-17(23)21-11-18(12-22)6-2-1-3-7-18/h4-5,9-10,20,22H,1-3,6-8,11-12H2,(H,21,23). The maximum Gasteiger partial charge on any atom is 0.224 e. The van der Waals surface area contributed by atoms with Gasteiger partial charge in [0.15, 0.2) is 0 Å². The molecular formula is C18H23ClN2O2. The lowest BCUT2D eigenvalue weighted by Crippen LogP contribution is -2.41. The number of hydrogen-bond donors (Lipinski definition) is 3. The first-order chi connectivity index (χ1) is 11.1. The molecule has 4 nitrogen and oxygen atoms in total. The van der Waals surface area contributed by atoms with Gasteiger partial charge in [-0.15, -0.1) is 0 Å². The molecule has 1 aromatic heterocycles. The number of carbonyl (C=O) groups excluding carboxylic acids is 1. The van der Waals surface area contributed by atoms with E-state index in [0.29, 0.717) is 18.0 Å². The van der Waals surface area contributed by atoms with Crippen molar-refractivity contribution in [3.05, 3.63) is 35.0 Å². The van der Waals surface area contributed by atoms with Gasteiger partial charge in [0.25, 0.3) is 0 Å². The molecular weight excluding hydrogens is 312 g/mol. The van der Waals surface area contributed by atoms with Gasteiger partial charge in [0.1, 0.15) is 0 Å². The molecule has 1 fully saturated rings. The number of carbonyl (C=O) groups is 1. The number of hydrogen-bond acceptors (Lipinski definition) is 2. The summed E-state index contributed by atoms with van der Waals surface area (Å²) in [5.41, 5.74) is 1.80. The number of benzene rings is 1. The number of aliphatic hydroxyl groups is 1. The topological polar surface area (TPSA) is 65.1 Å². The Balaban J connectivity index is 1.63. The van der Waals surface area contributed by atoms with Crippen LogP contribution in [0.15, 0.2) is 24.4 Å². The summed E-state index contributed by atoms with van der Waals surface area (Å²) < 4.78 is 0. The second-order valence-electron chi connectivity index (χ2n) is 6.68. The van der Waals surface area contributed by atoms with Crippen LogP contribution in [-0.2, 0) is 11.2 Å². The van der Waals surface area contributed by atoms with Crippen LogP contribution < -0.4 is 5.32 Å². The van der Waals surface area contributed by atoms with E-state index in [4.69, 9.17) is 11.6 Å². The molecule has 1 aliphatic rings. The van der Waals surface area contributed by atoms with Crippen molar-refractivity contribution < 1.29 is 9.90 Å². The van der Waals surface area contributed by atoms with Crippen molar-refractivity contribution in [1.29, 1.82) is 0 Å². The lowest BCUT2D eigenvalue weighted by atomic mass is 9.74. The van der Waals surface area contributed by atoms with Crippen molar-refractivity contribution in [2.24, 2.45) is 5.41 Å². The first-order valence-electron chi connectivity index (χ1n) is 8.25. The molecule has 0 unspecified atom stereocenters. The van der Waals surface area contributed by atoms with Gasteiger partial charge in [-0.2, -0.15) is 0 Å². The van der Waals surface area contributed by atoms with Crippen LogP contribution in [0.1, 0.15) is 37.7 Å². The van der Waals surface area contributed by atoms with Crippen LogP contribution in [0.4, 0.5) is 0 Å². The molecule has 0 aliphatic heterocycles. The third-order valence-corrected chi connectivity index (χ3v) is 5.23. The maximum absolute atomic E-state index is 12.3. The summed E-state index contributed by atoms with van der Waals surface area (Å²) in [6, 6.07) is 5.63. The molecule has 0 saturated heterocycles. The predicted molar refractivity (Wildman–Crippen MR) is 92.6 cm³/mol. The molecule has 0 bridgehead atoms. The molecule has 2 aromatic rings. The number of amides is 1. The molecule has 1 heterocycles. The molecule has 1 amide bonds. The fourth-order valence-electron chi connectivity index (χ4n) is 3.51. The van der Waals surface area contributed by atoms with Crippen molar-refractivity contribution in [2.75, 3.05) is 13.2 Å². The minimum Gasteiger partial charge on any atom is -0.396 e. The Hall–Kier alpha value is -1.52. The molecule has 124 valence electrons. The summed E-state index contributed by atoms with van der Waals surface area (Å²) in [6.07, 6.45) is 7.67. The molecule has 23 heavy (non-hydrogen) atoms. The average molecular weight is 335 g/mol. The molecule has 0 atom stereocenters. The quantitative estimate of drug-likeness (QED) is 0.784. The monoisotopic (exact) mass is 334 g/mol. The summed E-state index contributed by atoms with van der Waals surface area (Å²) in [4.78, 5) is 15.5. The molecule has 3 rings (SSSR count). The largest absolute Gasteiger partial charge is 0.396 e. The third-order valence-electron chi connectivity index (χ3n) is 4.99. The zero-order chi connectivity index (χ0) is 16.3. The second-order valence-corrected chi connectivity index (χ2v) is 7.11. The predicted octanol–water partition coefficient (Wildman–Crippen LogP) is 3.42. The third kappa shape index (κ3) is 3.70. The smallest absolute Gasteiger partial charge is 0.224 e. The Morgan fingerprint density at radius 3 is 2.83 bits per heavy atom. The number of H-pyrrole nitrogens is 1. The number of halogens is 1. The van der Waals surface area contributed by atoms with Crippen LogP contribution >= 0.6 is 11.6 Å². The van der Waals surface area contributed by atoms with E-state index in [1.807, 2.05) is 24.4 Å². The van der Waals surface area contributed by atoms with Crippen LogP contribution in [0.2, 0.25) is 5.02 Å². The normalized spacial score (nSPS) is 17.3. The van der Waals surface area contributed by atoms with Crippen LogP contribution in [-0.4, -0.2) is 29.1 Å². The number of rotatable bonds is 5. The lowest BCUT2D eigenvalue weighted by molar-refractivity contribution is -0.121. The zero-order valence-corrected chi connectivity index (χ0v) is 14.0. The Morgan fingerprint density at radius 1 is 1.30 bits per heavy atom. The summed E-state index contributed by atoms with van der Waals surface area (Å²) >= 11 is 6.04. The summed E-state index contributed by atoms with van der Waals surface area (Å²) in [7, 11) is 0. The second kappa shape index (κ2) is 6.93. The Morgan fingerprint density at radius 2 is 2.09 bits per heavy atom. The minimum absolute atomic E-state index is 0.00993. The van der Waals surface area contributed by atoms with E-state index in [2.05, 4.69) is 10.3 Å². The van der Waals surface area contributed by atoms with Gasteiger partial charge in [-0.05, 0) is 36.6 Å². The molecule has 1 saturated carbocycles. The molecule has 1 aromatic carbocycles. The Kier molecular flexibility index (Phi) is 4.93. The fourth-order valence-corrected chi connectivity index (χ4v) is 3.68. The van der Waals surface area contributed by atoms with Gasteiger partial charge in [-0.1, -0.05) is 30.9 Å². The molecule has 0 radical (unpaired) electrons. The highest BCUT2D eigenvalue weighted by Crippen LogP contribution is 2.35. The minimum atomic E-state index is -0.128. The van der Waals surface area contributed by atoms with E-state index in [1.165, 1.54) is 6.42 Å². The maximum atomic E-state index is 12.3. The number of nitrogens with one attached hydrogen (secondary N) is 2. The molecule has 5 heteroatoms. The van der Waals surface area contributed by atoms with Gasteiger partial charge in [-0.3, -0.25) is 4.79 Å². The average Bonchev–Trinajstić information content (AvgIpc) is 2.96.